The Hall–Kier alpha value is -2.69. The van der Waals surface area contributed by atoms with Gasteiger partial charge in [-0.05, 0) is 35.9 Å². The summed E-state index contributed by atoms with van der Waals surface area (Å²) in [6.07, 6.45) is 0. The van der Waals surface area contributed by atoms with E-state index in [-0.39, 0.29) is 22.9 Å². The van der Waals surface area contributed by atoms with E-state index in [2.05, 4.69) is 10.6 Å². The predicted molar refractivity (Wildman–Crippen MR) is 121 cm³/mol. The number of anilines is 2. The average Bonchev–Trinajstić information content (AvgIpc) is 3.38. The van der Waals surface area contributed by atoms with Gasteiger partial charge >= 0.3 is 0 Å². The highest BCUT2D eigenvalue weighted by molar-refractivity contribution is 6.53. The van der Waals surface area contributed by atoms with Crippen molar-refractivity contribution in [3.63, 3.8) is 0 Å². The average molecular weight is 572 g/mol. The van der Waals surface area contributed by atoms with Crippen LogP contribution in [0.2, 0.25) is 5.02 Å². The van der Waals surface area contributed by atoms with Crippen LogP contribution in [0.5, 0.6) is 0 Å². The van der Waals surface area contributed by atoms with Gasteiger partial charge in [0, 0.05) is 34.8 Å². The van der Waals surface area contributed by atoms with E-state index < -0.39 is 68.4 Å². The molecule has 2 atom stereocenters. The molecule has 0 aliphatic heterocycles. The van der Waals surface area contributed by atoms with Gasteiger partial charge in [0.1, 0.15) is 16.0 Å². The Morgan fingerprint density at radius 1 is 0.861 bits per heavy atom. The van der Waals surface area contributed by atoms with E-state index in [1.807, 2.05) is 0 Å². The number of alkyl halides is 2. The fourth-order valence-corrected chi connectivity index (χ4v) is 4.72. The van der Waals surface area contributed by atoms with E-state index in [9.17, 15) is 35.5 Å². The van der Waals surface area contributed by atoms with Crippen LogP contribution >= 0.6 is 34.8 Å². The van der Waals surface area contributed by atoms with Crippen LogP contribution in [0.25, 0.3) is 0 Å². The van der Waals surface area contributed by atoms with E-state index in [4.69, 9.17) is 34.8 Å². The Morgan fingerprint density at radius 3 is 2.08 bits per heavy atom. The number of hydrogen-bond acceptors (Lipinski definition) is 2. The van der Waals surface area contributed by atoms with Crippen molar-refractivity contribution in [2.24, 2.45) is 5.92 Å². The summed E-state index contributed by atoms with van der Waals surface area (Å²) in [5.41, 5.74) is -0.820. The molecule has 0 unspecified atom stereocenters. The molecule has 36 heavy (non-hydrogen) atoms. The number of nitrogens with one attached hydrogen (secondary N) is 2. The van der Waals surface area contributed by atoms with Crippen molar-refractivity contribution < 1.29 is 35.5 Å². The third kappa shape index (κ3) is 4.69. The maximum absolute atomic E-state index is 14.2. The molecule has 3 aromatic carbocycles. The summed E-state index contributed by atoms with van der Waals surface area (Å²) >= 11 is 18.1. The van der Waals surface area contributed by atoms with Crippen LogP contribution in [-0.4, -0.2) is 10.2 Å². The summed E-state index contributed by atoms with van der Waals surface area (Å²) < 4.78 is 93.9. The largest absolute Gasteiger partial charge is 0.379 e. The Bertz CT molecular complexity index is 1360. The summed E-state index contributed by atoms with van der Waals surface area (Å²) in [6.45, 7) is -0.0450. The minimum atomic E-state index is -2.35. The Morgan fingerprint density at radius 2 is 1.47 bits per heavy atom. The number of hydrogen-bond donors (Lipinski definition) is 2. The predicted octanol–water partition coefficient (Wildman–Crippen LogP) is 7.45. The summed E-state index contributed by atoms with van der Waals surface area (Å²) in [7, 11) is 0. The molecule has 1 fully saturated rings. The van der Waals surface area contributed by atoms with Crippen LogP contribution in [0.15, 0.2) is 36.4 Å². The van der Waals surface area contributed by atoms with Crippen molar-refractivity contribution in [2.75, 3.05) is 10.6 Å². The highest BCUT2D eigenvalue weighted by atomic mass is 35.5. The van der Waals surface area contributed by atoms with Gasteiger partial charge in [-0.25, -0.2) is 30.7 Å². The van der Waals surface area contributed by atoms with Crippen LogP contribution < -0.4 is 10.6 Å². The number of carbonyl (C=O) groups is 1. The molecule has 0 radical (unpaired) electrons. The van der Waals surface area contributed by atoms with Crippen LogP contribution in [0.1, 0.15) is 17.0 Å². The molecule has 0 spiro atoms. The minimum absolute atomic E-state index is 0.0143. The fourth-order valence-electron chi connectivity index (χ4n) is 3.74. The van der Waals surface area contributed by atoms with Crippen molar-refractivity contribution in [1.82, 2.24) is 0 Å². The molecule has 0 bridgehead atoms. The van der Waals surface area contributed by atoms with Crippen molar-refractivity contribution in [2.45, 2.75) is 16.8 Å². The molecule has 190 valence electrons. The van der Waals surface area contributed by atoms with E-state index in [0.29, 0.717) is 11.6 Å². The number of carbonyl (C=O) groups excluding carboxylic acids is 1. The zero-order valence-corrected chi connectivity index (χ0v) is 19.8. The van der Waals surface area contributed by atoms with Crippen molar-refractivity contribution in [3.8, 4) is 0 Å². The Kier molecular flexibility index (Phi) is 7.07. The molecule has 1 amide bonds. The first-order chi connectivity index (χ1) is 16.8. The highest BCUT2D eigenvalue weighted by Crippen LogP contribution is 2.66. The first kappa shape index (κ1) is 26.4. The normalized spacial score (nSPS) is 18.2. The second-order valence-corrected chi connectivity index (χ2v) is 9.74. The second-order valence-electron chi connectivity index (χ2n) is 7.89. The van der Waals surface area contributed by atoms with Crippen LogP contribution in [0.3, 0.4) is 0 Å². The molecule has 0 heterocycles. The van der Waals surface area contributed by atoms with Crippen LogP contribution in [0.4, 0.5) is 42.1 Å². The van der Waals surface area contributed by atoms with Crippen LogP contribution in [-0.2, 0) is 11.3 Å². The third-order valence-corrected chi connectivity index (χ3v) is 6.91. The van der Waals surface area contributed by atoms with Crippen molar-refractivity contribution in [1.29, 1.82) is 0 Å². The summed E-state index contributed by atoms with van der Waals surface area (Å²) in [6, 6.07) is 7.04. The molecular formula is C23H12Cl3F7N2O. The quantitative estimate of drug-likeness (QED) is 0.140. The molecule has 1 saturated carbocycles. The maximum Gasteiger partial charge on any atom is 0.231 e. The Balaban J connectivity index is 1.53. The molecule has 3 aromatic rings. The van der Waals surface area contributed by atoms with E-state index >= 15 is 0 Å². The number of rotatable bonds is 6. The van der Waals surface area contributed by atoms with Gasteiger partial charge in [-0.3, -0.25) is 4.79 Å². The molecule has 1 aliphatic rings. The lowest BCUT2D eigenvalue weighted by Gasteiger charge is -2.12. The molecule has 4 rings (SSSR count). The van der Waals surface area contributed by atoms with Gasteiger partial charge in [0.25, 0.3) is 0 Å². The highest BCUT2D eigenvalue weighted by Gasteiger charge is 2.69. The summed E-state index contributed by atoms with van der Waals surface area (Å²) in [5.74, 6) is -16.8. The van der Waals surface area contributed by atoms with Gasteiger partial charge in [-0.2, -0.15) is 0 Å². The monoisotopic (exact) mass is 570 g/mol. The molecule has 0 saturated heterocycles. The van der Waals surface area contributed by atoms with E-state index in [1.165, 1.54) is 24.3 Å². The standard InChI is InChI=1S/C23H12Cl3F7N2O/c24-11-3-2-10(5-8(11)7-34-13-4-1-9(27)6-12(13)28)35-22(36)16-15(23(16,25)26)14-17(29)19(31)21(33)20(32)18(14)30/h1-6,15-16,34H,7H2,(H,35,36)/t15-,16+/m0/s1. The minimum Gasteiger partial charge on any atom is -0.379 e. The topological polar surface area (TPSA) is 41.1 Å². The van der Waals surface area contributed by atoms with Crippen LogP contribution in [0, 0.1) is 46.6 Å². The van der Waals surface area contributed by atoms with Gasteiger partial charge in [0.05, 0.1) is 11.6 Å². The zero-order chi connectivity index (χ0) is 26.5. The van der Waals surface area contributed by atoms with Crippen molar-refractivity contribution in [3.05, 3.63) is 93.3 Å². The SMILES string of the molecule is O=C(Nc1ccc(Cl)c(CNc2ccc(F)cc2F)c1)[C@H]1[C@H](c2c(F)c(F)c(F)c(F)c2F)C1(Cl)Cl. The van der Waals surface area contributed by atoms with Gasteiger partial charge < -0.3 is 10.6 Å². The first-order valence-corrected chi connectivity index (χ1v) is 11.1. The molecule has 13 heteroatoms. The first-order valence-electron chi connectivity index (χ1n) is 10.0. The molecule has 3 nitrogen and oxygen atoms in total. The summed E-state index contributed by atoms with van der Waals surface area (Å²) in [4.78, 5) is 12.8. The van der Waals surface area contributed by atoms with Crippen molar-refractivity contribution >= 4 is 52.1 Å². The number of amides is 1. The lowest BCUT2D eigenvalue weighted by atomic mass is 10.1. The fraction of sp³-hybridized carbons (Fsp3) is 0.174. The lowest BCUT2D eigenvalue weighted by molar-refractivity contribution is -0.117. The van der Waals surface area contributed by atoms with Gasteiger partial charge in [0.15, 0.2) is 23.3 Å². The van der Waals surface area contributed by atoms with E-state index in [1.54, 1.807) is 0 Å². The van der Waals surface area contributed by atoms with Gasteiger partial charge in [0.2, 0.25) is 11.7 Å². The number of halogens is 10. The van der Waals surface area contributed by atoms with Gasteiger partial charge in [-0.1, -0.05) is 11.6 Å². The maximum atomic E-state index is 14.2. The zero-order valence-electron chi connectivity index (χ0n) is 17.5. The summed E-state index contributed by atoms with van der Waals surface area (Å²) in [5, 5.41) is 5.34. The third-order valence-electron chi connectivity index (χ3n) is 5.60. The lowest BCUT2D eigenvalue weighted by Crippen LogP contribution is -2.17. The van der Waals surface area contributed by atoms with E-state index in [0.717, 1.165) is 6.07 Å². The number of benzene rings is 3. The second kappa shape index (κ2) is 9.64. The molecule has 0 aromatic heterocycles. The van der Waals surface area contributed by atoms with Gasteiger partial charge in [-0.15, -0.1) is 23.2 Å². The molecule has 2 N–H and O–H groups in total. The molecule has 1 aliphatic carbocycles. The smallest absolute Gasteiger partial charge is 0.231 e. The Labute approximate surface area is 214 Å². The molecular weight excluding hydrogens is 560 g/mol.